The van der Waals surface area contributed by atoms with Gasteiger partial charge >= 0.3 is 0 Å². The molecule has 0 amide bonds. The van der Waals surface area contributed by atoms with Crippen LogP contribution >= 0.6 is 0 Å². The molecule has 1 rings (SSSR count). The summed E-state index contributed by atoms with van der Waals surface area (Å²) >= 11 is 0. The maximum absolute atomic E-state index is 5.75. The van der Waals surface area contributed by atoms with Gasteiger partial charge in [-0.3, -0.25) is 0 Å². The maximum atomic E-state index is 5.75. The van der Waals surface area contributed by atoms with Gasteiger partial charge < -0.3 is 5.73 Å². The number of nitrogens with two attached hydrogens (primary N) is 1. The topological polar surface area (TPSA) is 26.0 Å². The van der Waals surface area contributed by atoms with E-state index in [1.165, 1.54) is 16.7 Å². The molecule has 0 aliphatic carbocycles. The van der Waals surface area contributed by atoms with Crippen molar-refractivity contribution in [2.45, 2.75) is 20.8 Å². The van der Waals surface area contributed by atoms with Gasteiger partial charge in [-0.2, -0.15) is 0 Å². The number of anilines is 1. The van der Waals surface area contributed by atoms with Gasteiger partial charge in [-0.1, -0.05) is 17.7 Å². The van der Waals surface area contributed by atoms with E-state index < -0.39 is 0 Å². The zero-order valence-corrected chi connectivity index (χ0v) is 9.32. The Bertz CT molecular complexity index is 233. The number of rotatable bonds is 0. The van der Waals surface area contributed by atoms with Gasteiger partial charge in [-0.25, -0.2) is 0 Å². The Morgan fingerprint density at radius 1 is 1.00 bits per heavy atom. The van der Waals surface area contributed by atoms with Crippen molar-refractivity contribution in [3.05, 3.63) is 28.8 Å². The quantitative estimate of drug-likeness (QED) is 0.725. The number of hydrogen-bond donors (Lipinski definition) is 1. The average Bonchev–Trinajstić information content (AvgIpc) is 1.82. The summed E-state index contributed by atoms with van der Waals surface area (Å²) < 4.78 is 0. The molecule has 1 aromatic carbocycles. The van der Waals surface area contributed by atoms with Crippen molar-refractivity contribution in [1.29, 1.82) is 0 Å². The summed E-state index contributed by atoms with van der Waals surface area (Å²) in [6.45, 7) is 6.16. The van der Waals surface area contributed by atoms with E-state index in [9.17, 15) is 0 Å². The largest absolute Gasteiger partial charge is 0.398 e. The molecule has 11 heavy (non-hydrogen) atoms. The predicted molar refractivity (Wildman–Crippen MR) is 45.1 cm³/mol. The van der Waals surface area contributed by atoms with Crippen molar-refractivity contribution < 1.29 is 21.1 Å². The molecule has 0 unspecified atom stereocenters. The van der Waals surface area contributed by atoms with E-state index in [-0.39, 0.29) is 21.1 Å². The van der Waals surface area contributed by atoms with E-state index >= 15 is 0 Å². The number of hydrogen-bond acceptors (Lipinski definition) is 1. The third-order valence-electron chi connectivity index (χ3n) is 1.74. The Kier molecular flexibility index (Phi) is 3.81. The third kappa shape index (κ3) is 2.34. The van der Waals surface area contributed by atoms with Crippen LogP contribution in [-0.2, 0) is 21.1 Å². The van der Waals surface area contributed by atoms with Crippen LogP contribution in [0.2, 0.25) is 0 Å². The van der Waals surface area contributed by atoms with Gasteiger partial charge in [-0.15, -0.1) is 0 Å². The third-order valence-corrected chi connectivity index (χ3v) is 1.74. The molecule has 2 heteroatoms. The van der Waals surface area contributed by atoms with E-state index in [4.69, 9.17) is 5.73 Å². The molecular weight excluding hydrogens is 317 g/mol. The van der Waals surface area contributed by atoms with Gasteiger partial charge in [0, 0.05) is 26.8 Å². The van der Waals surface area contributed by atoms with E-state index in [0.29, 0.717) is 0 Å². The molecule has 0 aromatic heterocycles. The molecule has 0 bridgehead atoms. The minimum Gasteiger partial charge on any atom is -0.398 e. The first-order valence-electron chi connectivity index (χ1n) is 3.44. The second-order valence-electron chi connectivity index (χ2n) is 2.81. The van der Waals surface area contributed by atoms with Gasteiger partial charge in [0.2, 0.25) is 0 Å². The molecule has 0 spiro atoms. The minimum atomic E-state index is 0. The smallest absolute Gasteiger partial charge is 0.0373 e. The minimum absolute atomic E-state index is 0. The van der Waals surface area contributed by atoms with Crippen LogP contribution in [0.4, 0.5) is 5.69 Å². The Balaban J connectivity index is 0.000001000. The summed E-state index contributed by atoms with van der Waals surface area (Å²) in [4.78, 5) is 0. The van der Waals surface area contributed by atoms with Crippen molar-refractivity contribution in [3.63, 3.8) is 0 Å². The second-order valence-corrected chi connectivity index (χ2v) is 2.81. The van der Waals surface area contributed by atoms with Crippen LogP contribution < -0.4 is 5.73 Å². The van der Waals surface area contributed by atoms with Crippen molar-refractivity contribution in [2.75, 3.05) is 5.73 Å². The van der Waals surface area contributed by atoms with Gasteiger partial charge in [-0.05, 0) is 31.9 Å². The van der Waals surface area contributed by atoms with Crippen LogP contribution in [0.25, 0.3) is 0 Å². The molecule has 0 radical (unpaired) electrons. The van der Waals surface area contributed by atoms with Gasteiger partial charge in [0.1, 0.15) is 0 Å². The van der Waals surface area contributed by atoms with E-state index in [0.717, 1.165) is 5.69 Å². The first-order valence-corrected chi connectivity index (χ1v) is 3.44. The van der Waals surface area contributed by atoms with E-state index in [2.05, 4.69) is 19.1 Å². The van der Waals surface area contributed by atoms with E-state index in [1.807, 2.05) is 13.8 Å². The molecule has 0 aliphatic heterocycles. The molecule has 0 atom stereocenters. The van der Waals surface area contributed by atoms with Gasteiger partial charge in [0.15, 0.2) is 0 Å². The standard InChI is InChI=1S/C9H13N.Pt/c1-6-4-7(2)9(10)8(3)5-6;/h4-5H,10H2,1-3H3;. The van der Waals surface area contributed by atoms with Crippen LogP contribution in [0.1, 0.15) is 16.7 Å². The summed E-state index contributed by atoms with van der Waals surface area (Å²) in [6, 6.07) is 4.20. The van der Waals surface area contributed by atoms with Crippen LogP contribution in [0.5, 0.6) is 0 Å². The van der Waals surface area contributed by atoms with Crippen LogP contribution in [-0.4, -0.2) is 0 Å². The Morgan fingerprint density at radius 3 is 1.73 bits per heavy atom. The zero-order chi connectivity index (χ0) is 7.72. The first kappa shape index (κ1) is 10.7. The zero-order valence-electron chi connectivity index (χ0n) is 7.05. The summed E-state index contributed by atoms with van der Waals surface area (Å²) in [5.41, 5.74) is 10.3. The Morgan fingerprint density at radius 2 is 1.36 bits per heavy atom. The van der Waals surface area contributed by atoms with Gasteiger partial charge in [0.05, 0.1) is 0 Å². The average molecular weight is 330 g/mol. The van der Waals surface area contributed by atoms with Crippen molar-refractivity contribution >= 4 is 5.69 Å². The van der Waals surface area contributed by atoms with Crippen LogP contribution in [0, 0.1) is 20.8 Å². The fraction of sp³-hybridized carbons (Fsp3) is 0.333. The summed E-state index contributed by atoms with van der Waals surface area (Å²) in [5.74, 6) is 0. The SMILES string of the molecule is Cc1cc(C)c(N)c(C)c1.[Pt]. The second kappa shape index (κ2) is 3.92. The Hall–Kier alpha value is -0.292. The molecule has 1 aromatic rings. The van der Waals surface area contributed by atoms with Crippen molar-refractivity contribution in [2.24, 2.45) is 0 Å². The number of nitrogen functional groups attached to an aromatic ring is 1. The molecular formula is C9H13NPt. The summed E-state index contributed by atoms with van der Waals surface area (Å²) in [6.07, 6.45) is 0. The van der Waals surface area contributed by atoms with Crippen LogP contribution in [0.15, 0.2) is 12.1 Å². The van der Waals surface area contributed by atoms with Crippen LogP contribution in [0.3, 0.4) is 0 Å². The molecule has 2 N–H and O–H groups in total. The molecule has 1 nitrogen and oxygen atoms in total. The fourth-order valence-electron chi connectivity index (χ4n) is 1.19. The molecule has 0 saturated carbocycles. The van der Waals surface area contributed by atoms with E-state index in [1.54, 1.807) is 0 Å². The monoisotopic (exact) mass is 330 g/mol. The molecule has 0 fully saturated rings. The maximum Gasteiger partial charge on any atom is 0.0373 e. The molecule has 0 saturated heterocycles. The van der Waals surface area contributed by atoms with Crippen molar-refractivity contribution in [3.8, 4) is 0 Å². The first-order chi connectivity index (χ1) is 4.61. The summed E-state index contributed by atoms with van der Waals surface area (Å²) in [5, 5.41) is 0. The fourth-order valence-corrected chi connectivity index (χ4v) is 1.19. The normalized spacial score (nSPS) is 9.00. The predicted octanol–water partition coefficient (Wildman–Crippen LogP) is 2.19. The molecule has 0 heterocycles. The summed E-state index contributed by atoms with van der Waals surface area (Å²) in [7, 11) is 0. The number of benzene rings is 1. The molecule has 64 valence electrons. The Labute approximate surface area is 82.3 Å². The molecule has 0 aliphatic rings. The number of aryl methyl sites for hydroxylation is 3. The van der Waals surface area contributed by atoms with Crippen molar-refractivity contribution in [1.82, 2.24) is 0 Å². The van der Waals surface area contributed by atoms with Gasteiger partial charge in [0.25, 0.3) is 0 Å².